The second-order valence-corrected chi connectivity index (χ2v) is 8.14. The van der Waals surface area contributed by atoms with Crippen LogP contribution in [-0.2, 0) is 4.74 Å². The Hall–Kier alpha value is -2.64. The minimum absolute atomic E-state index is 0.00975. The first-order valence-electron chi connectivity index (χ1n) is 8.79. The fourth-order valence-corrected chi connectivity index (χ4v) is 2.30. The van der Waals surface area contributed by atoms with Crippen LogP contribution in [-0.4, -0.2) is 34.6 Å². The molecule has 1 aromatic carbocycles. The first-order valence-corrected chi connectivity index (χ1v) is 8.79. The summed E-state index contributed by atoms with van der Waals surface area (Å²) in [5, 5.41) is 16.5. The van der Waals surface area contributed by atoms with Gasteiger partial charge in [0.25, 0.3) is 11.6 Å². The number of carbonyl (C=O) groups is 2. The predicted molar refractivity (Wildman–Crippen MR) is 103 cm³/mol. The molecule has 0 radical (unpaired) electrons. The maximum absolute atomic E-state index is 12.6. The number of benzene rings is 1. The molecule has 0 aliphatic heterocycles. The Balaban J connectivity index is 2.89. The third kappa shape index (κ3) is 6.54. The van der Waals surface area contributed by atoms with Crippen molar-refractivity contribution in [1.82, 2.24) is 10.6 Å². The first kappa shape index (κ1) is 22.4. The zero-order chi connectivity index (χ0) is 21.0. The molecule has 1 rings (SSSR count). The molecule has 8 heteroatoms. The summed E-state index contributed by atoms with van der Waals surface area (Å²) < 4.78 is 5.23. The van der Waals surface area contributed by atoms with Gasteiger partial charge < -0.3 is 15.4 Å². The summed E-state index contributed by atoms with van der Waals surface area (Å²) in [6.07, 6.45) is -0.560. The maximum atomic E-state index is 12.6. The van der Waals surface area contributed by atoms with Gasteiger partial charge in [-0.25, -0.2) is 4.79 Å². The molecular weight excluding hydrogens is 350 g/mol. The maximum Gasteiger partial charge on any atom is 0.407 e. The fraction of sp³-hybridized carbons (Fsp3) is 0.579. The van der Waals surface area contributed by atoms with Crippen LogP contribution in [0.2, 0.25) is 0 Å². The van der Waals surface area contributed by atoms with Crippen LogP contribution in [0.3, 0.4) is 0 Å². The van der Waals surface area contributed by atoms with Crippen LogP contribution in [0.25, 0.3) is 0 Å². The standard InChI is InChI=1S/C19H29N3O5/c1-12(2)19(7,11-20-17(24)27-18(4,5)6)21-16(23)14-8-9-15(22(25)26)13(3)10-14/h8-10,12H,11H2,1-7H3,(H,20,24)(H,21,23). The number of hydrogen-bond donors (Lipinski definition) is 2. The van der Waals surface area contributed by atoms with Gasteiger partial charge in [0.2, 0.25) is 0 Å². The van der Waals surface area contributed by atoms with Crippen LogP contribution in [0.1, 0.15) is 57.5 Å². The lowest BCUT2D eigenvalue weighted by molar-refractivity contribution is -0.385. The van der Waals surface area contributed by atoms with Crippen molar-refractivity contribution in [2.75, 3.05) is 6.54 Å². The number of rotatable bonds is 6. The summed E-state index contributed by atoms with van der Waals surface area (Å²) in [4.78, 5) is 35.0. The van der Waals surface area contributed by atoms with Crippen molar-refractivity contribution in [2.45, 2.75) is 59.6 Å². The molecule has 150 valence electrons. The number of ether oxygens (including phenoxy) is 1. The highest BCUT2D eigenvalue weighted by Gasteiger charge is 2.32. The molecule has 0 aliphatic rings. The van der Waals surface area contributed by atoms with Gasteiger partial charge in [-0.2, -0.15) is 0 Å². The van der Waals surface area contributed by atoms with Crippen molar-refractivity contribution < 1.29 is 19.2 Å². The third-order valence-corrected chi connectivity index (χ3v) is 4.33. The molecule has 0 bridgehead atoms. The van der Waals surface area contributed by atoms with Crippen molar-refractivity contribution in [1.29, 1.82) is 0 Å². The number of carbonyl (C=O) groups excluding carboxylic acids is 2. The summed E-state index contributed by atoms with van der Waals surface area (Å²) in [7, 11) is 0. The molecular formula is C19H29N3O5. The van der Waals surface area contributed by atoms with E-state index in [-0.39, 0.29) is 24.1 Å². The van der Waals surface area contributed by atoms with Gasteiger partial charge >= 0.3 is 6.09 Å². The number of aryl methyl sites for hydroxylation is 1. The van der Waals surface area contributed by atoms with Crippen molar-refractivity contribution in [3.63, 3.8) is 0 Å². The lowest BCUT2D eigenvalue weighted by Crippen LogP contribution is -2.57. The van der Waals surface area contributed by atoms with E-state index in [4.69, 9.17) is 4.74 Å². The molecule has 27 heavy (non-hydrogen) atoms. The molecule has 1 atom stereocenters. The molecule has 2 N–H and O–H groups in total. The van der Waals surface area contributed by atoms with E-state index in [9.17, 15) is 19.7 Å². The number of alkyl carbamates (subject to hydrolysis) is 1. The number of nitrogens with zero attached hydrogens (tertiary/aromatic N) is 1. The Morgan fingerprint density at radius 1 is 1.22 bits per heavy atom. The van der Waals surface area contributed by atoms with E-state index in [0.717, 1.165) is 0 Å². The minimum Gasteiger partial charge on any atom is -0.444 e. The Morgan fingerprint density at radius 2 is 1.81 bits per heavy atom. The van der Waals surface area contributed by atoms with Crippen LogP contribution in [0.5, 0.6) is 0 Å². The molecule has 0 spiro atoms. The van der Waals surface area contributed by atoms with Gasteiger partial charge in [0.05, 0.1) is 10.5 Å². The Bertz CT molecular complexity index is 725. The quantitative estimate of drug-likeness (QED) is 0.580. The topological polar surface area (TPSA) is 111 Å². The van der Waals surface area contributed by atoms with Gasteiger partial charge in [-0.05, 0) is 52.7 Å². The van der Waals surface area contributed by atoms with E-state index in [1.807, 2.05) is 20.8 Å². The molecule has 2 amide bonds. The van der Waals surface area contributed by atoms with Crippen LogP contribution >= 0.6 is 0 Å². The van der Waals surface area contributed by atoms with Gasteiger partial charge in [0, 0.05) is 23.7 Å². The van der Waals surface area contributed by atoms with Gasteiger partial charge in [-0.1, -0.05) is 13.8 Å². The Kier molecular flexibility index (Phi) is 6.94. The third-order valence-electron chi connectivity index (χ3n) is 4.33. The highest BCUT2D eigenvalue weighted by atomic mass is 16.6. The van der Waals surface area contributed by atoms with E-state index in [1.54, 1.807) is 27.7 Å². The molecule has 1 aromatic rings. The van der Waals surface area contributed by atoms with Gasteiger partial charge in [0.15, 0.2) is 0 Å². The molecule has 0 fully saturated rings. The SMILES string of the molecule is Cc1cc(C(=O)NC(C)(CNC(=O)OC(C)(C)C)C(C)C)ccc1[N+](=O)[O-]. The summed E-state index contributed by atoms with van der Waals surface area (Å²) in [6, 6.07) is 4.22. The van der Waals surface area contributed by atoms with Gasteiger partial charge in [-0.15, -0.1) is 0 Å². The molecule has 8 nitrogen and oxygen atoms in total. The molecule has 0 saturated heterocycles. The second-order valence-electron chi connectivity index (χ2n) is 8.14. The van der Waals surface area contributed by atoms with Crippen LogP contribution in [0.4, 0.5) is 10.5 Å². The fourth-order valence-electron chi connectivity index (χ4n) is 2.30. The molecule has 0 saturated carbocycles. The number of hydrogen-bond acceptors (Lipinski definition) is 5. The Morgan fingerprint density at radius 3 is 2.26 bits per heavy atom. The average Bonchev–Trinajstić information content (AvgIpc) is 2.50. The molecule has 0 aromatic heterocycles. The lowest BCUT2D eigenvalue weighted by Gasteiger charge is -2.35. The summed E-state index contributed by atoms with van der Waals surface area (Å²) in [5.41, 5.74) is -0.653. The molecule has 1 unspecified atom stereocenters. The van der Waals surface area contributed by atoms with E-state index >= 15 is 0 Å². The monoisotopic (exact) mass is 379 g/mol. The second kappa shape index (κ2) is 8.37. The summed E-state index contributed by atoms with van der Waals surface area (Å²) in [6.45, 7) is 12.8. The predicted octanol–water partition coefficient (Wildman–Crippen LogP) is 3.57. The first-order chi connectivity index (χ1) is 12.2. The number of nitro benzene ring substituents is 1. The lowest BCUT2D eigenvalue weighted by atomic mass is 9.88. The van der Waals surface area contributed by atoms with Crippen LogP contribution < -0.4 is 10.6 Å². The molecule has 0 aliphatic carbocycles. The smallest absolute Gasteiger partial charge is 0.407 e. The summed E-state index contributed by atoms with van der Waals surface area (Å²) >= 11 is 0. The van der Waals surface area contributed by atoms with Crippen LogP contribution in [0, 0.1) is 23.0 Å². The van der Waals surface area contributed by atoms with E-state index in [0.29, 0.717) is 11.1 Å². The van der Waals surface area contributed by atoms with Crippen molar-refractivity contribution in [3.8, 4) is 0 Å². The number of nitro groups is 1. The highest BCUT2D eigenvalue weighted by molar-refractivity contribution is 5.95. The van der Waals surface area contributed by atoms with Crippen molar-refractivity contribution in [2.24, 2.45) is 5.92 Å². The van der Waals surface area contributed by atoms with E-state index in [2.05, 4.69) is 10.6 Å². The van der Waals surface area contributed by atoms with Gasteiger partial charge in [-0.3, -0.25) is 14.9 Å². The number of amides is 2. The highest BCUT2D eigenvalue weighted by Crippen LogP contribution is 2.21. The van der Waals surface area contributed by atoms with E-state index < -0.39 is 22.2 Å². The zero-order valence-corrected chi connectivity index (χ0v) is 17.0. The van der Waals surface area contributed by atoms with Crippen LogP contribution in [0.15, 0.2) is 18.2 Å². The Labute approximate surface area is 159 Å². The van der Waals surface area contributed by atoms with Crippen molar-refractivity contribution in [3.05, 3.63) is 39.4 Å². The average molecular weight is 379 g/mol. The van der Waals surface area contributed by atoms with Gasteiger partial charge in [0.1, 0.15) is 5.60 Å². The normalized spacial score (nSPS) is 13.6. The number of nitrogens with one attached hydrogen (secondary N) is 2. The largest absolute Gasteiger partial charge is 0.444 e. The minimum atomic E-state index is -0.732. The zero-order valence-electron chi connectivity index (χ0n) is 17.0. The van der Waals surface area contributed by atoms with E-state index in [1.165, 1.54) is 18.2 Å². The molecule has 0 heterocycles. The summed E-state index contributed by atoms with van der Waals surface area (Å²) in [5.74, 6) is -0.356. The van der Waals surface area contributed by atoms with Crippen molar-refractivity contribution >= 4 is 17.7 Å².